The Morgan fingerprint density at radius 1 is 0.889 bits per heavy atom. The first-order chi connectivity index (χ1) is 11.5. The Labute approximate surface area is 160 Å². The summed E-state index contributed by atoms with van der Waals surface area (Å²) in [6.45, 7) is 3.31. The van der Waals surface area contributed by atoms with Gasteiger partial charge in [0.1, 0.15) is 5.75 Å². The Bertz CT molecular complexity index is 883. The number of nitrogens with zero attached hydrogens (tertiary/aromatic N) is 1. The van der Waals surface area contributed by atoms with Crippen LogP contribution in [0.25, 0.3) is 10.2 Å². The number of ether oxygens (including phenoxy) is 1. The van der Waals surface area contributed by atoms with Crippen molar-refractivity contribution in [3.8, 4) is 5.75 Å². The van der Waals surface area contributed by atoms with Crippen molar-refractivity contribution >= 4 is 26.1 Å². The predicted octanol–water partition coefficient (Wildman–Crippen LogP) is 0.451. The van der Waals surface area contributed by atoms with Crippen LogP contribution in [0.3, 0.4) is 0 Å². The zero-order valence-electron chi connectivity index (χ0n) is 13.0. The van der Waals surface area contributed by atoms with E-state index in [1.807, 2.05) is 0 Å². The van der Waals surface area contributed by atoms with Crippen LogP contribution in [0.2, 0.25) is 0 Å². The molecule has 27 heavy (non-hydrogen) atoms. The fourth-order valence-corrected chi connectivity index (χ4v) is 3.34. The van der Waals surface area contributed by atoms with E-state index < -0.39 is 42.7 Å². The molecule has 0 heterocycles. The molecule has 1 rings (SSSR count). The first kappa shape index (κ1) is 25.7. The van der Waals surface area contributed by atoms with Crippen LogP contribution in [0.1, 0.15) is 5.56 Å². The summed E-state index contributed by atoms with van der Waals surface area (Å²) in [5.41, 5.74) is -6.06. The Kier molecular flexibility index (Phi) is 7.62. The minimum absolute atomic E-state index is 0. The topological polar surface area (TPSA) is 91.6 Å². The van der Waals surface area contributed by atoms with E-state index in [0.29, 0.717) is 17.7 Å². The summed E-state index contributed by atoms with van der Waals surface area (Å²) >= 11 is 0. The SMILES string of the molecule is C=Cc1ccc(OC(F)(F)C(F)(F)S(=O)(=O)[N-]S(=O)(=O)C(F)(F)F)cc1.[Li+]. The quantitative estimate of drug-likeness (QED) is 0.457. The molecule has 0 bridgehead atoms. The van der Waals surface area contributed by atoms with E-state index in [1.165, 1.54) is 6.08 Å². The second-order valence-corrected chi connectivity index (χ2v) is 7.85. The number of hydrogen-bond acceptors (Lipinski definition) is 5. The molecule has 0 aromatic heterocycles. The molecule has 6 nitrogen and oxygen atoms in total. The maximum absolute atomic E-state index is 13.5. The maximum Gasteiger partial charge on any atom is 1.00 e. The van der Waals surface area contributed by atoms with Gasteiger partial charge < -0.3 is 8.86 Å². The van der Waals surface area contributed by atoms with Gasteiger partial charge in [-0.05, 0) is 17.7 Å². The van der Waals surface area contributed by atoms with E-state index in [0.717, 1.165) is 16.3 Å². The van der Waals surface area contributed by atoms with Crippen LogP contribution in [0, 0.1) is 0 Å². The van der Waals surface area contributed by atoms with Crippen molar-refractivity contribution in [3.05, 3.63) is 40.5 Å². The smallest absolute Gasteiger partial charge is 0.427 e. The van der Waals surface area contributed by atoms with Gasteiger partial charge in [-0.25, -0.2) is 16.8 Å². The summed E-state index contributed by atoms with van der Waals surface area (Å²) in [5, 5.41) is -6.44. The summed E-state index contributed by atoms with van der Waals surface area (Å²) in [6, 6.07) is 3.53. The van der Waals surface area contributed by atoms with Gasteiger partial charge in [-0.15, -0.1) is 0 Å². The van der Waals surface area contributed by atoms with Crippen LogP contribution in [-0.2, 0) is 20.0 Å². The van der Waals surface area contributed by atoms with Crippen molar-refractivity contribution in [1.29, 1.82) is 0 Å². The fraction of sp³-hybridized carbons (Fsp3) is 0.273. The van der Waals surface area contributed by atoms with Crippen LogP contribution in [0.4, 0.5) is 30.7 Å². The predicted molar refractivity (Wildman–Crippen MR) is 74.3 cm³/mol. The van der Waals surface area contributed by atoms with Crippen molar-refractivity contribution in [2.24, 2.45) is 0 Å². The summed E-state index contributed by atoms with van der Waals surface area (Å²) < 4.78 is 138. The molecule has 0 fully saturated rings. The van der Waals surface area contributed by atoms with Crippen molar-refractivity contribution in [3.63, 3.8) is 0 Å². The van der Waals surface area contributed by atoms with Gasteiger partial charge >= 0.3 is 35.7 Å². The van der Waals surface area contributed by atoms with Gasteiger partial charge in [-0.3, -0.25) is 0 Å². The van der Waals surface area contributed by atoms with Crippen molar-refractivity contribution in [2.45, 2.75) is 16.9 Å². The van der Waals surface area contributed by atoms with Crippen LogP contribution in [0.5, 0.6) is 5.75 Å². The zero-order chi connectivity index (χ0) is 20.6. The van der Waals surface area contributed by atoms with Crippen molar-refractivity contribution in [1.82, 2.24) is 0 Å². The average molecular weight is 437 g/mol. The average Bonchev–Trinajstić information content (AvgIpc) is 2.45. The third-order valence-electron chi connectivity index (χ3n) is 2.51. The van der Waals surface area contributed by atoms with E-state index in [9.17, 15) is 47.6 Å². The van der Waals surface area contributed by atoms with E-state index >= 15 is 0 Å². The number of alkyl halides is 7. The third kappa shape index (κ3) is 5.38. The van der Waals surface area contributed by atoms with E-state index in [-0.39, 0.29) is 18.9 Å². The van der Waals surface area contributed by atoms with Crippen LogP contribution in [-0.4, -0.2) is 33.7 Å². The molecule has 0 spiro atoms. The second-order valence-electron chi connectivity index (χ2n) is 4.38. The van der Waals surface area contributed by atoms with Gasteiger partial charge in [-0.2, -0.15) is 30.7 Å². The summed E-state index contributed by atoms with van der Waals surface area (Å²) in [6.07, 6.45) is -4.71. The number of rotatable bonds is 7. The standard InChI is InChI=1S/C11H7F7NO5S2.Li/c1-2-7-3-5-8(6-4-7)24-9(12,13)10(14,15)25(20,21)19-26(22,23)11(16,17)18;/h2-6H,1H2;/q-1;+1. The number of benzene rings is 1. The molecule has 0 aliphatic heterocycles. The minimum atomic E-state index is -7.20. The molecule has 1 aromatic carbocycles. The van der Waals surface area contributed by atoms with Crippen molar-refractivity contribution in [2.75, 3.05) is 0 Å². The van der Waals surface area contributed by atoms with Gasteiger partial charge in [0.2, 0.25) is 0 Å². The van der Waals surface area contributed by atoms with Gasteiger partial charge in [0, 0.05) is 0 Å². The van der Waals surface area contributed by atoms with Crippen LogP contribution in [0.15, 0.2) is 30.8 Å². The molecule has 0 aliphatic rings. The van der Waals surface area contributed by atoms with Gasteiger partial charge in [0.25, 0.3) is 0 Å². The van der Waals surface area contributed by atoms with Crippen molar-refractivity contribution < 1.29 is 71.2 Å². The Hall–Kier alpha value is -1.27. The largest absolute Gasteiger partial charge is 1.00 e. The monoisotopic (exact) mass is 437 g/mol. The molecule has 0 aliphatic carbocycles. The Balaban J connectivity index is 0.00000676. The molecule has 0 atom stereocenters. The second kappa shape index (κ2) is 8.00. The molecule has 0 radical (unpaired) electrons. The summed E-state index contributed by atoms with van der Waals surface area (Å²) in [7, 11) is -14.2. The molecule has 0 amide bonds. The molecular weight excluding hydrogens is 430 g/mol. The molecular formula is C11H7F7LiNO5S2. The Morgan fingerprint density at radius 3 is 1.70 bits per heavy atom. The van der Waals surface area contributed by atoms with Gasteiger partial charge in [0.05, 0.1) is 0 Å². The zero-order valence-corrected chi connectivity index (χ0v) is 14.7. The third-order valence-corrected chi connectivity index (χ3v) is 5.55. The molecule has 0 saturated carbocycles. The van der Waals surface area contributed by atoms with Gasteiger partial charge in [-0.1, -0.05) is 24.8 Å². The maximum atomic E-state index is 13.5. The molecule has 0 N–H and O–H groups in total. The summed E-state index contributed by atoms with van der Waals surface area (Å²) in [4.78, 5) is 0. The van der Waals surface area contributed by atoms with E-state index in [4.69, 9.17) is 0 Å². The normalized spacial score (nSPS) is 13.6. The molecule has 0 unspecified atom stereocenters. The van der Waals surface area contributed by atoms with Crippen LogP contribution >= 0.6 is 0 Å². The van der Waals surface area contributed by atoms with Gasteiger partial charge in [0.15, 0.2) is 20.0 Å². The number of sulfonamides is 2. The van der Waals surface area contributed by atoms with E-state index in [1.54, 1.807) is 0 Å². The minimum Gasteiger partial charge on any atom is -0.427 e. The number of halogens is 7. The Morgan fingerprint density at radius 2 is 1.33 bits per heavy atom. The molecule has 148 valence electrons. The first-order valence-electron chi connectivity index (χ1n) is 5.94. The van der Waals surface area contributed by atoms with Crippen LogP contribution < -0.4 is 23.6 Å². The molecule has 1 aromatic rings. The first-order valence-corrected chi connectivity index (χ1v) is 8.82. The number of hydrogen-bond donors (Lipinski definition) is 0. The molecule has 16 heteroatoms. The molecule has 0 saturated heterocycles. The summed E-state index contributed by atoms with van der Waals surface area (Å²) in [5.74, 6) is -0.992. The fourth-order valence-electron chi connectivity index (χ4n) is 1.25. The van der Waals surface area contributed by atoms with E-state index in [2.05, 4.69) is 11.3 Å².